The molecule has 0 unspecified atom stereocenters. The molecule has 1 aromatic heterocycles. The van der Waals surface area contributed by atoms with Crippen LogP contribution in [0.3, 0.4) is 0 Å². The van der Waals surface area contributed by atoms with Gasteiger partial charge >= 0.3 is 0 Å². The Kier molecular flexibility index (Phi) is 2.98. The molecule has 15 heavy (non-hydrogen) atoms. The average molecular weight is 199 g/mol. The van der Waals surface area contributed by atoms with Crippen molar-refractivity contribution in [3.05, 3.63) is 59.9 Å². The summed E-state index contributed by atoms with van der Waals surface area (Å²) in [7, 11) is 0. The number of aryl methyl sites for hydroxylation is 1. The van der Waals surface area contributed by atoms with Gasteiger partial charge in [-0.05, 0) is 36.8 Å². The summed E-state index contributed by atoms with van der Waals surface area (Å²) in [4.78, 5) is 4.23. The molecular formula is C13H13NO. The van der Waals surface area contributed by atoms with Crippen molar-refractivity contribution >= 4 is 0 Å². The van der Waals surface area contributed by atoms with Crippen LogP contribution in [0.1, 0.15) is 11.3 Å². The number of hydrogen-bond acceptors (Lipinski definition) is 2. The number of hydrogen-bond donors (Lipinski definition) is 0. The van der Waals surface area contributed by atoms with E-state index in [2.05, 4.69) is 4.98 Å². The number of ether oxygens (including phenoxy) is 1. The fraction of sp³-hybridized carbons (Fsp3) is 0.154. The normalized spacial score (nSPS) is 9.93. The number of rotatable bonds is 3. The maximum absolute atomic E-state index is 5.58. The summed E-state index contributed by atoms with van der Waals surface area (Å²) in [6.07, 6.45) is 1.80. The van der Waals surface area contributed by atoms with E-state index in [-0.39, 0.29) is 0 Å². The van der Waals surface area contributed by atoms with E-state index in [0.29, 0.717) is 6.61 Å². The fourth-order valence-corrected chi connectivity index (χ4v) is 1.35. The average Bonchev–Trinajstić information content (AvgIpc) is 2.28. The van der Waals surface area contributed by atoms with Crippen molar-refractivity contribution in [1.29, 1.82) is 0 Å². The van der Waals surface area contributed by atoms with Crippen LogP contribution in [0, 0.1) is 6.92 Å². The summed E-state index contributed by atoms with van der Waals surface area (Å²) in [5.74, 6) is 0.876. The predicted octanol–water partition coefficient (Wildman–Crippen LogP) is 2.97. The molecule has 76 valence electrons. The van der Waals surface area contributed by atoms with Gasteiger partial charge in [0.25, 0.3) is 0 Å². The first-order chi connectivity index (χ1) is 7.34. The van der Waals surface area contributed by atoms with E-state index in [1.807, 2.05) is 49.4 Å². The van der Waals surface area contributed by atoms with Crippen molar-refractivity contribution < 1.29 is 4.74 Å². The van der Waals surface area contributed by atoms with Gasteiger partial charge in [-0.25, -0.2) is 0 Å². The molecule has 0 aliphatic rings. The molecule has 2 aromatic rings. The van der Waals surface area contributed by atoms with E-state index in [0.717, 1.165) is 11.4 Å². The molecule has 0 bridgehead atoms. The van der Waals surface area contributed by atoms with Crippen LogP contribution in [0.5, 0.6) is 5.75 Å². The minimum atomic E-state index is 0.520. The monoisotopic (exact) mass is 199 g/mol. The second kappa shape index (κ2) is 4.60. The Morgan fingerprint density at radius 1 is 1.13 bits per heavy atom. The highest BCUT2D eigenvalue weighted by molar-refractivity contribution is 5.21. The smallest absolute Gasteiger partial charge is 0.130 e. The van der Waals surface area contributed by atoms with E-state index < -0.39 is 0 Å². The molecule has 0 amide bonds. The first-order valence-corrected chi connectivity index (χ1v) is 4.94. The van der Waals surface area contributed by atoms with Crippen LogP contribution in [0.15, 0.2) is 48.7 Å². The second-order valence-corrected chi connectivity index (χ2v) is 3.43. The largest absolute Gasteiger partial charge is 0.487 e. The van der Waals surface area contributed by atoms with Crippen LogP contribution in [0.25, 0.3) is 0 Å². The lowest BCUT2D eigenvalue weighted by Gasteiger charge is -2.05. The molecule has 0 aliphatic carbocycles. The number of aromatic nitrogens is 1. The summed E-state index contributed by atoms with van der Waals surface area (Å²) < 4.78 is 5.58. The third-order valence-electron chi connectivity index (χ3n) is 2.10. The van der Waals surface area contributed by atoms with Gasteiger partial charge in [-0.3, -0.25) is 4.98 Å². The highest BCUT2D eigenvalue weighted by Crippen LogP contribution is 2.10. The van der Waals surface area contributed by atoms with Crippen molar-refractivity contribution in [3.63, 3.8) is 0 Å². The van der Waals surface area contributed by atoms with Crippen LogP contribution < -0.4 is 4.74 Å². The highest BCUT2D eigenvalue weighted by Gasteiger charge is 1.96. The van der Waals surface area contributed by atoms with E-state index in [1.54, 1.807) is 6.20 Å². The third kappa shape index (κ3) is 2.81. The summed E-state index contributed by atoms with van der Waals surface area (Å²) in [5, 5.41) is 0. The molecule has 0 spiro atoms. The van der Waals surface area contributed by atoms with Crippen LogP contribution >= 0.6 is 0 Å². The van der Waals surface area contributed by atoms with Crippen LogP contribution in [-0.4, -0.2) is 4.98 Å². The Labute approximate surface area is 89.6 Å². The lowest BCUT2D eigenvalue weighted by molar-refractivity contribution is 0.301. The van der Waals surface area contributed by atoms with Gasteiger partial charge in [0.15, 0.2) is 0 Å². The van der Waals surface area contributed by atoms with Gasteiger partial charge in [0, 0.05) is 6.20 Å². The molecule has 0 N–H and O–H groups in total. The number of benzene rings is 1. The molecule has 0 saturated heterocycles. The number of pyridine rings is 1. The molecule has 1 aromatic carbocycles. The summed E-state index contributed by atoms with van der Waals surface area (Å²) >= 11 is 0. The molecule has 2 heteroatoms. The molecular weight excluding hydrogens is 186 g/mol. The van der Waals surface area contributed by atoms with E-state index in [4.69, 9.17) is 4.74 Å². The topological polar surface area (TPSA) is 22.1 Å². The van der Waals surface area contributed by atoms with E-state index in [1.165, 1.54) is 5.56 Å². The molecule has 2 nitrogen and oxygen atoms in total. The van der Waals surface area contributed by atoms with Crippen LogP contribution in [0.4, 0.5) is 0 Å². The van der Waals surface area contributed by atoms with Gasteiger partial charge in [0.05, 0.1) is 5.69 Å². The zero-order valence-corrected chi connectivity index (χ0v) is 8.68. The van der Waals surface area contributed by atoms with E-state index >= 15 is 0 Å². The molecule has 0 radical (unpaired) electrons. The Morgan fingerprint density at radius 2 is 1.93 bits per heavy atom. The van der Waals surface area contributed by atoms with Gasteiger partial charge in [0.2, 0.25) is 0 Å². The van der Waals surface area contributed by atoms with Gasteiger partial charge in [-0.15, -0.1) is 0 Å². The summed E-state index contributed by atoms with van der Waals surface area (Å²) in [6.45, 7) is 2.57. The Hall–Kier alpha value is -1.83. The molecule has 0 atom stereocenters. The Bertz CT molecular complexity index is 426. The summed E-state index contributed by atoms with van der Waals surface area (Å²) in [5.41, 5.74) is 2.16. The predicted molar refractivity (Wildman–Crippen MR) is 59.7 cm³/mol. The zero-order chi connectivity index (χ0) is 10.5. The zero-order valence-electron chi connectivity index (χ0n) is 8.68. The van der Waals surface area contributed by atoms with Gasteiger partial charge < -0.3 is 4.74 Å². The maximum Gasteiger partial charge on any atom is 0.130 e. The van der Waals surface area contributed by atoms with Crippen molar-refractivity contribution in [2.75, 3.05) is 0 Å². The van der Waals surface area contributed by atoms with Crippen molar-refractivity contribution in [2.45, 2.75) is 13.5 Å². The molecule has 0 aliphatic heterocycles. The first kappa shape index (κ1) is 9.71. The van der Waals surface area contributed by atoms with Crippen LogP contribution in [0.2, 0.25) is 0 Å². The Balaban J connectivity index is 1.99. The molecule has 1 heterocycles. The minimum Gasteiger partial charge on any atom is -0.487 e. The fourth-order valence-electron chi connectivity index (χ4n) is 1.35. The number of nitrogens with zero attached hydrogens (tertiary/aromatic N) is 1. The van der Waals surface area contributed by atoms with Crippen LogP contribution in [-0.2, 0) is 6.61 Å². The van der Waals surface area contributed by atoms with Crippen molar-refractivity contribution in [1.82, 2.24) is 4.98 Å². The molecule has 2 rings (SSSR count). The van der Waals surface area contributed by atoms with E-state index in [9.17, 15) is 0 Å². The molecule has 0 saturated carbocycles. The first-order valence-electron chi connectivity index (χ1n) is 4.94. The van der Waals surface area contributed by atoms with Gasteiger partial charge in [0.1, 0.15) is 12.4 Å². The SMILES string of the molecule is Cc1ccnc(COc2ccccc2)c1. The quantitative estimate of drug-likeness (QED) is 0.758. The number of para-hydroxylation sites is 1. The summed E-state index contributed by atoms with van der Waals surface area (Å²) in [6, 6.07) is 13.8. The minimum absolute atomic E-state index is 0.520. The van der Waals surface area contributed by atoms with Crippen molar-refractivity contribution in [2.24, 2.45) is 0 Å². The lowest BCUT2D eigenvalue weighted by Crippen LogP contribution is -1.97. The highest BCUT2D eigenvalue weighted by atomic mass is 16.5. The second-order valence-electron chi connectivity index (χ2n) is 3.43. The Morgan fingerprint density at radius 3 is 2.67 bits per heavy atom. The maximum atomic E-state index is 5.58. The van der Waals surface area contributed by atoms with Crippen molar-refractivity contribution in [3.8, 4) is 5.75 Å². The third-order valence-corrected chi connectivity index (χ3v) is 2.10. The van der Waals surface area contributed by atoms with Gasteiger partial charge in [-0.1, -0.05) is 18.2 Å². The van der Waals surface area contributed by atoms with Gasteiger partial charge in [-0.2, -0.15) is 0 Å². The lowest BCUT2D eigenvalue weighted by atomic mass is 10.2. The standard InChI is InChI=1S/C13H13NO/c1-11-7-8-14-12(9-11)10-15-13-5-3-2-4-6-13/h2-9H,10H2,1H3. The molecule has 0 fully saturated rings.